The summed E-state index contributed by atoms with van der Waals surface area (Å²) in [5, 5.41) is 13.5. The molecule has 0 saturated carbocycles. The highest BCUT2D eigenvalue weighted by Crippen LogP contribution is 2.46. The maximum Gasteiger partial charge on any atom is 0.417 e. The second kappa shape index (κ2) is 15.8. The van der Waals surface area contributed by atoms with Gasteiger partial charge in [-0.15, -0.1) is 10.2 Å². The Kier molecular flexibility index (Phi) is 10.7. The molecule has 7 rings (SSSR count). The monoisotopic (exact) mass is 780 g/mol. The molecule has 0 saturated heterocycles. The van der Waals surface area contributed by atoms with Crippen LogP contribution in [0.2, 0.25) is 0 Å². The van der Waals surface area contributed by atoms with E-state index in [1.54, 1.807) is 116 Å². The summed E-state index contributed by atoms with van der Waals surface area (Å²) in [6.45, 7) is -0.475. The molecule has 5 aromatic carbocycles. The number of benzene rings is 5. The molecule has 0 bridgehead atoms. The molecule has 286 valence electrons. The molecule has 0 spiro atoms. The Labute approximate surface area is 321 Å². The average molecular weight is 781 g/mol. The average Bonchev–Trinajstić information content (AvgIpc) is 3.68. The summed E-state index contributed by atoms with van der Waals surface area (Å²) in [7, 11) is -0.525. The number of methoxy groups -OCH3 is 3. The first kappa shape index (κ1) is 38.0. The summed E-state index contributed by atoms with van der Waals surface area (Å²) in [6, 6.07) is 31.0. The van der Waals surface area contributed by atoms with E-state index in [0.29, 0.717) is 44.8 Å². The minimum absolute atomic E-state index is 0.0899. The fraction of sp³-hybridized carbons (Fsp3) is 0.171. The van der Waals surface area contributed by atoms with Crippen molar-refractivity contribution in [3.05, 3.63) is 144 Å². The van der Waals surface area contributed by atoms with E-state index >= 15 is 21.6 Å². The molecule has 0 aliphatic carbocycles. The standard InChI is InChI=1S/C41H35F3N6O5S/c1-53-30-15-9-27(10-16-30)24-49(25-28-11-17-31(54-2)18-12-28)56(51,52)39-36(41(42,43)44)22-21-35(33-6-4-8-37-34(33)7-5-23-45-37)38(39)40-46-48-50(47-40)26-29-13-19-32(55-3)20-14-29/h4-23H,24-26H2,1-3H3. The molecular formula is C41H35F3N6O5S. The molecule has 0 aliphatic heterocycles. The fourth-order valence-electron chi connectivity index (χ4n) is 6.39. The number of hydrogen-bond donors (Lipinski definition) is 0. The van der Waals surface area contributed by atoms with Crippen molar-refractivity contribution in [2.45, 2.75) is 30.7 Å². The Balaban J connectivity index is 1.47. The second-order valence-electron chi connectivity index (χ2n) is 12.7. The lowest BCUT2D eigenvalue weighted by atomic mass is 9.94. The minimum atomic E-state index is -5.11. The van der Waals surface area contributed by atoms with Gasteiger partial charge in [0.05, 0.1) is 44.5 Å². The van der Waals surface area contributed by atoms with E-state index in [2.05, 4.69) is 20.4 Å². The van der Waals surface area contributed by atoms with E-state index in [4.69, 9.17) is 14.2 Å². The van der Waals surface area contributed by atoms with Crippen LogP contribution in [0.5, 0.6) is 17.2 Å². The second-order valence-corrected chi connectivity index (χ2v) is 14.6. The number of rotatable bonds is 13. The van der Waals surface area contributed by atoms with Crippen LogP contribution in [0.3, 0.4) is 0 Å². The van der Waals surface area contributed by atoms with E-state index in [-0.39, 0.29) is 36.6 Å². The lowest BCUT2D eigenvalue weighted by Crippen LogP contribution is -2.32. The summed E-state index contributed by atoms with van der Waals surface area (Å²) < 4.78 is 93.4. The molecule has 56 heavy (non-hydrogen) atoms. The summed E-state index contributed by atoms with van der Waals surface area (Å²) in [4.78, 5) is 4.62. The summed E-state index contributed by atoms with van der Waals surface area (Å²) >= 11 is 0. The molecule has 0 fully saturated rings. The number of tetrazole rings is 1. The first-order valence-electron chi connectivity index (χ1n) is 17.2. The lowest BCUT2D eigenvalue weighted by Gasteiger charge is -2.27. The molecule has 0 N–H and O–H groups in total. The van der Waals surface area contributed by atoms with Gasteiger partial charge in [-0.1, -0.05) is 60.7 Å². The molecule has 7 aromatic rings. The van der Waals surface area contributed by atoms with Crippen molar-refractivity contribution < 1.29 is 35.8 Å². The third-order valence-electron chi connectivity index (χ3n) is 9.19. The first-order valence-corrected chi connectivity index (χ1v) is 18.7. The normalized spacial score (nSPS) is 11.9. The van der Waals surface area contributed by atoms with Gasteiger partial charge in [-0.25, -0.2) is 8.42 Å². The van der Waals surface area contributed by atoms with Crippen molar-refractivity contribution in [3.63, 3.8) is 0 Å². The number of sulfonamides is 1. The molecule has 0 aliphatic rings. The lowest BCUT2D eigenvalue weighted by molar-refractivity contribution is -0.139. The maximum atomic E-state index is 15.3. The van der Waals surface area contributed by atoms with Crippen LogP contribution in [0.1, 0.15) is 22.3 Å². The van der Waals surface area contributed by atoms with Crippen LogP contribution in [0.15, 0.2) is 126 Å². The zero-order valence-corrected chi connectivity index (χ0v) is 31.3. The van der Waals surface area contributed by atoms with E-state index in [1.165, 1.54) is 25.1 Å². The maximum absolute atomic E-state index is 15.3. The first-order chi connectivity index (χ1) is 27.0. The Morgan fingerprint density at radius 2 is 1.25 bits per heavy atom. The number of hydrogen-bond acceptors (Lipinski definition) is 9. The Hall–Kier alpha value is -6.32. The van der Waals surface area contributed by atoms with Crippen molar-refractivity contribution in [1.82, 2.24) is 29.5 Å². The highest BCUT2D eigenvalue weighted by Gasteiger charge is 2.43. The van der Waals surface area contributed by atoms with Crippen molar-refractivity contribution >= 4 is 20.9 Å². The predicted molar refractivity (Wildman–Crippen MR) is 204 cm³/mol. The molecule has 0 unspecified atom stereocenters. The van der Waals surface area contributed by atoms with Gasteiger partial charge in [0.1, 0.15) is 22.1 Å². The van der Waals surface area contributed by atoms with Crippen LogP contribution in [0, 0.1) is 0 Å². The van der Waals surface area contributed by atoms with Crippen LogP contribution in [-0.2, 0) is 35.8 Å². The van der Waals surface area contributed by atoms with E-state index < -0.39 is 26.7 Å². The van der Waals surface area contributed by atoms with Crippen molar-refractivity contribution in [2.24, 2.45) is 0 Å². The van der Waals surface area contributed by atoms with E-state index in [1.807, 2.05) is 0 Å². The Morgan fingerprint density at radius 1 is 0.679 bits per heavy atom. The summed E-state index contributed by atoms with van der Waals surface area (Å²) in [6.07, 6.45) is -3.51. The van der Waals surface area contributed by atoms with Gasteiger partial charge >= 0.3 is 6.18 Å². The molecule has 0 radical (unpaired) electrons. The van der Waals surface area contributed by atoms with Crippen molar-refractivity contribution in [2.75, 3.05) is 21.3 Å². The van der Waals surface area contributed by atoms with Crippen molar-refractivity contribution in [3.8, 4) is 39.8 Å². The number of nitrogens with zero attached hydrogens (tertiary/aromatic N) is 6. The fourth-order valence-corrected chi connectivity index (χ4v) is 8.20. The van der Waals surface area contributed by atoms with Gasteiger partial charge in [-0.2, -0.15) is 22.3 Å². The summed E-state index contributed by atoms with van der Waals surface area (Å²) in [5.74, 6) is 1.37. The molecule has 15 heteroatoms. The number of ether oxygens (including phenoxy) is 3. The van der Waals surface area contributed by atoms with Crippen LogP contribution in [0.4, 0.5) is 13.2 Å². The summed E-state index contributed by atoms with van der Waals surface area (Å²) in [5.41, 5.74) is 1.17. The van der Waals surface area contributed by atoms with Crippen LogP contribution >= 0.6 is 0 Å². The zero-order chi connectivity index (χ0) is 39.5. The van der Waals surface area contributed by atoms with Gasteiger partial charge in [0.15, 0.2) is 0 Å². The predicted octanol–water partition coefficient (Wildman–Crippen LogP) is 8.04. The molecule has 0 amide bonds. The number of alkyl halides is 3. The number of aromatic nitrogens is 5. The van der Waals surface area contributed by atoms with Crippen LogP contribution in [-0.4, -0.2) is 59.2 Å². The number of pyridine rings is 1. The number of halogens is 3. The molecule has 2 heterocycles. The van der Waals surface area contributed by atoms with Gasteiger partial charge in [0.2, 0.25) is 15.8 Å². The van der Waals surface area contributed by atoms with Crippen LogP contribution < -0.4 is 14.2 Å². The van der Waals surface area contributed by atoms with Crippen LogP contribution in [0.25, 0.3) is 33.4 Å². The Bertz CT molecular complexity index is 2530. The third kappa shape index (κ3) is 7.90. The molecular weight excluding hydrogens is 746 g/mol. The quantitative estimate of drug-likeness (QED) is 0.115. The van der Waals surface area contributed by atoms with Gasteiger partial charge in [-0.3, -0.25) is 4.98 Å². The van der Waals surface area contributed by atoms with Gasteiger partial charge in [0.25, 0.3) is 0 Å². The smallest absolute Gasteiger partial charge is 0.417 e. The van der Waals surface area contributed by atoms with Gasteiger partial charge in [-0.05, 0) is 87.6 Å². The van der Waals surface area contributed by atoms with Gasteiger partial charge in [0, 0.05) is 24.7 Å². The SMILES string of the molecule is COc1ccc(CN(Cc2ccc(OC)cc2)S(=O)(=O)c2c(C(F)(F)F)ccc(-c3cccc4ncccc34)c2-c2nnn(Cc3ccc(OC)cc3)n2)cc1. The Morgan fingerprint density at radius 3 is 1.80 bits per heavy atom. The zero-order valence-electron chi connectivity index (χ0n) is 30.4. The minimum Gasteiger partial charge on any atom is -0.497 e. The van der Waals surface area contributed by atoms with Crippen molar-refractivity contribution in [1.29, 1.82) is 0 Å². The molecule has 2 aromatic heterocycles. The molecule has 0 atom stereocenters. The molecule has 11 nitrogen and oxygen atoms in total. The largest absolute Gasteiger partial charge is 0.497 e. The third-order valence-corrected chi connectivity index (χ3v) is 11.1. The topological polar surface area (TPSA) is 122 Å². The highest BCUT2D eigenvalue weighted by molar-refractivity contribution is 7.89. The van der Waals surface area contributed by atoms with Gasteiger partial charge < -0.3 is 14.2 Å². The van der Waals surface area contributed by atoms with E-state index in [0.717, 1.165) is 15.9 Å². The highest BCUT2D eigenvalue weighted by atomic mass is 32.2. The van der Waals surface area contributed by atoms with E-state index in [9.17, 15) is 0 Å². The number of fused-ring (bicyclic) bond motifs is 1.